The van der Waals surface area contributed by atoms with Crippen molar-refractivity contribution in [1.29, 1.82) is 0 Å². The smallest absolute Gasteiger partial charge is 0.0619 e. The van der Waals surface area contributed by atoms with Crippen molar-refractivity contribution in [1.82, 2.24) is 0 Å². The normalized spacial score (nSPS) is 48.0. The van der Waals surface area contributed by atoms with E-state index >= 15 is 0 Å². The van der Waals surface area contributed by atoms with Crippen LogP contribution in [-0.4, -0.2) is 11.2 Å². The van der Waals surface area contributed by atoms with Gasteiger partial charge in [0.05, 0.1) is 6.10 Å². The molecule has 0 aromatic carbocycles. The second kappa shape index (κ2) is 2.54. The first-order chi connectivity index (χ1) is 4.60. The minimum Gasteiger partial charge on any atom is -0.392 e. The molecule has 0 saturated heterocycles. The summed E-state index contributed by atoms with van der Waals surface area (Å²) < 4.78 is 0. The van der Waals surface area contributed by atoms with Crippen LogP contribution in [0.5, 0.6) is 0 Å². The van der Waals surface area contributed by atoms with E-state index in [4.69, 9.17) is 0 Å². The highest BCUT2D eigenvalue weighted by molar-refractivity contribution is 4.91. The van der Waals surface area contributed by atoms with Gasteiger partial charge in [-0.3, -0.25) is 0 Å². The molecule has 10 heavy (non-hydrogen) atoms. The molecule has 0 radical (unpaired) electrons. The van der Waals surface area contributed by atoms with Gasteiger partial charge in [0.1, 0.15) is 0 Å². The van der Waals surface area contributed by atoms with E-state index in [1.165, 1.54) is 12.8 Å². The molecule has 1 aliphatic carbocycles. The van der Waals surface area contributed by atoms with Crippen LogP contribution >= 0.6 is 0 Å². The van der Waals surface area contributed by atoms with E-state index in [9.17, 15) is 5.11 Å². The number of hydrogen-bond acceptors (Lipinski definition) is 1. The molecule has 1 heteroatoms. The maximum Gasteiger partial charge on any atom is 0.0619 e. The van der Waals surface area contributed by atoms with Crippen LogP contribution in [0.25, 0.3) is 0 Å². The molecule has 0 bridgehead atoms. The Morgan fingerprint density at radius 3 is 2.40 bits per heavy atom. The molecule has 0 aliphatic heterocycles. The molecule has 1 aliphatic rings. The van der Waals surface area contributed by atoms with Gasteiger partial charge in [-0.15, -0.1) is 0 Å². The number of aliphatic hydroxyl groups excluding tert-OH is 1. The molecule has 0 aromatic heterocycles. The highest BCUT2D eigenvalue weighted by Gasteiger charge is 2.40. The Morgan fingerprint density at radius 1 is 1.60 bits per heavy atom. The molecule has 1 nitrogen and oxygen atoms in total. The van der Waals surface area contributed by atoms with Crippen molar-refractivity contribution in [3.8, 4) is 0 Å². The Morgan fingerprint density at radius 2 is 2.20 bits per heavy atom. The highest BCUT2D eigenvalue weighted by atomic mass is 16.3. The molecule has 0 aromatic rings. The summed E-state index contributed by atoms with van der Waals surface area (Å²) in [4.78, 5) is 0. The summed E-state index contributed by atoms with van der Waals surface area (Å²) in [6, 6.07) is 0. The average Bonchev–Trinajstić information content (AvgIpc) is 2.19. The van der Waals surface area contributed by atoms with Gasteiger partial charge in [-0.25, -0.2) is 0 Å². The van der Waals surface area contributed by atoms with E-state index in [0.717, 1.165) is 6.42 Å². The van der Waals surface area contributed by atoms with E-state index in [1.807, 2.05) is 0 Å². The molecule has 1 saturated carbocycles. The van der Waals surface area contributed by atoms with E-state index in [0.29, 0.717) is 5.92 Å². The summed E-state index contributed by atoms with van der Waals surface area (Å²) in [7, 11) is 0. The Balaban J connectivity index is 2.64. The van der Waals surface area contributed by atoms with Crippen LogP contribution in [0.2, 0.25) is 0 Å². The maximum atomic E-state index is 9.72. The zero-order valence-electron chi connectivity index (χ0n) is 7.22. The third-order valence-electron chi connectivity index (χ3n) is 3.23. The molecule has 1 N–H and O–H groups in total. The van der Waals surface area contributed by atoms with Crippen LogP contribution in [0.4, 0.5) is 0 Å². The summed E-state index contributed by atoms with van der Waals surface area (Å²) in [5.74, 6) is 0.518. The average molecular weight is 142 g/mol. The minimum absolute atomic E-state index is 0.0579. The first-order valence-electron chi connectivity index (χ1n) is 4.28. The van der Waals surface area contributed by atoms with Crippen molar-refractivity contribution in [2.75, 3.05) is 0 Å². The summed E-state index contributed by atoms with van der Waals surface area (Å²) in [6.45, 7) is 6.51. The zero-order valence-corrected chi connectivity index (χ0v) is 7.22. The molecular weight excluding hydrogens is 124 g/mol. The monoisotopic (exact) mass is 142 g/mol. The fourth-order valence-electron chi connectivity index (χ4n) is 1.94. The largest absolute Gasteiger partial charge is 0.392 e. The maximum absolute atomic E-state index is 9.72. The second-order valence-corrected chi connectivity index (χ2v) is 3.97. The lowest BCUT2D eigenvalue weighted by Crippen LogP contribution is -2.28. The standard InChI is InChI=1S/C9H18O/c1-4-9(3)6-5-7(2)8(9)10/h7-8,10H,4-6H2,1-3H3. The molecule has 1 fully saturated rings. The zero-order chi connectivity index (χ0) is 7.78. The molecule has 60 valence electrons. The Labute approximate surface area is 63.4 Å². The summed E-state index contributed by atoms with van der Waals surface area (Å²) in [6.07, 6.45) is 3.45. The minimum atomic E-state index is -0.0579. The Kier molecular flexibility index (Phi) is 2.04. The summed E-state index contributed by atoms with van der Waals surface area (Å²) in [5, 5.41) is 9.72. The lowest BCUT2D eigenvalue weighted by atomic mass is 9.83. The van der Waals surface area contributed by atoms with Gasteiger partial charge in [-0.2, -0.15) is 0 Å². The van der Waals surface area contributed by atoms with Gasteiger partial charge in [0.15, 0.2) is 0 Å². The molecule has 0 heterocycles. The van der Waals surface area contributed by atoms with Crippen molar-refractivity contribution in [3.05, 3.63) is 0 Å². The third kappa shape index (κ3) is 1.07. The number of rotatable bonds is 1. The molecule has 3 atom stereocenters. The molecule has 0 spiro atoms. The summed E-state index contributed by atoms with van der Waals surface area (Å²) in [5.41, 5.74) is 0.222. The lowest BCUT2D eigenvalue weighted by molar-refractivity contribution is 0.0376. The van der Waals surface area contributed by atoms with Crippen LogP contribution < -0.4 is 0 Å². The van der Waals surface area contributed by atoms with Gasteiger partial charge in [-0.1, -0.05) is 20.8 Å². The first-order valence-corrected chi connectivity index (χ1v) is 4.28. The fourth-order valence-corrected chi connectivity index (χ4v) is 1.94. The predicted molar refractivity (Wildman–Crippen MR) is 42.8 cm³/mol. The van der Waals surface area contributed by atoms with Crippen molar-refractivity contribution >= 4 is 0 Å². The summed E-state index contributed by atoms with van der Waals surface area (Å²) >= 11 is 0. The van der Waals surface area contributed by atoms with E-state index < -0.39 is 0 Å². The molecule has 1 rings (SSSR count). The topological polar surface area (TPSA) is 20.2 Å². The SMILES string of the molecule is CCC1(C)CCC(C)C1O. The van der Waals surface area contributed by atoms with Gasteiger partial charge in [0.25, 0.3) is 0 Å². The van der Waals surface area contributed by atoms with Gasteiger partial charge < -0.3 is 5.11 Å². The van der Waals surface area contributed by atoms with Crippen LogP contribution in [-0.2, 0) is 0 Å². The van der Waals surface area contributed by atoms with E-state index in [-0.39, 0.29) is 11.5 Å². The van der Waals surface area contributed by atoms with Crippen molar-refractivity contribution in [3.63, 3.8) is 0 Å². The van der Waals surface area contributed by atoms with Crippen molar-refractivity contribution < 1.29 is 5.11 Å². The first kappa shape index (κ1) is 8.06. The van der Waals surface area contributed by atoms with Gasteiger partial charge in [0, 0.05) is 0 Å². The van der Waals surface area contributed by atoms with Crippen molar-refractivity contribution in [2.45, 2.75) is 46.1 Å². The highest BCUT2D eigenvalue weighted by Crippen LogP contribution is 2.43. The number of hydrogen-bond donors (Lipinski definition) is 1. The van der Waals surface area contributed by atoms with Crippen molar-refractivity contribution in [2.24, 2.45) is 11.3 Å². The number of aliphatic hydroxyl groups is 1. The van der Waals surface area contributed by atoms with Gasteiger partial charge in [0.2, 0.25) is 0 Å². The molecular formula is C9H18O. The van der Waals surface area contributed by atoms with E-state index in [1.54, 1.807) is 0 Å². The van der Waals surface area contributed by atoms with Crippen LogP contribution in [0.15, 0.2) is 0 Å². The molecule has 0 amide bonds. The van der Waals surface area contributed by atoms with Crippen LogP contribution in [0.3, 0.4) is 0 Å². The Bertz CT molecular complexity index is 122. The van der Waals surface area contributed by atoms with E-state index in [2.05, 4.69) is 20.8 Å². The Hall–Kier alpha value is -0.0400. The van der Waals surface area contributed by atoms with Gasteiger partial charge in [-0.05, 0) is 30.6 Å². The quantitative estimate of drug-likeness (QED) is 0.595. The van der Waals surface area contributed by atoms with Crippen LogP contribution in [0.1, 0.15) is 40.0 Å². The lowest BCUT2D eigenvalue weighted by Gasteiger charge is -2.27. The third-order valence-corrected chi connectivity index (χ3v) is 3.23. The van der Waals surface area contributed by atoms with Crippen LogP contribution in [0, 0.1) is 11.3 Å². The molecule has 3 unspecified atom stereocenters. The predicted octanol–water partition coefficient (Wildman–Crippen LogP) is 2.19. The second-order valence-electron chi connectivity index (χ2n) is 3.97. The van der Waals surface area contributed by atoms with Gasteiger partial charge >= 0.3 is 0 Å². The fraction of sp³-hybridized carbons (Fsp3) is 1.00.